The van der Waals surface area contributed by atoms with Crippen LogP contribution in [0.4, 0.5) is 17.7 Å². The van der Waals surface area contributed by atoms with Crippen molar-refractivity contribution in [1.29, 1.82) is 0 Å². The Morgan fingerprint density at radius 2 is 1.88 bits per heavy atom. The van der Waals surface area contributed by atoms with Gasteiger partial charge in [0.05, 0.1) is 5.52 Å². The molecule has 4 aromatic heterocycles. The fraction of sp³-hybridized carbons (Fsp3) is 0.0588. The minimum Gasteiger partial charge on any atom is -0.369 e. The van der Waals surface area contributed by atoms with Crippen LogP contribution in [-0.4, -0.2) is 29.9 Å². The Hall–Kier alpha value is -3.88. The van der Waals surface area contributed by atoms with E-state index < -0.39 is 0 Å². The van der Waals surface area contributed by atoms with Gasteiger partial charge in [0.25, 0.3) is 5.56 Å². The SMILES string of the molecule is Cc1nc(Nc2nc3nc(N)[nH]c(=O)c3[nH]2)cc2[nH]c3ccccc3c12. The molecule has 6 N–H and O–H groups in total. The number of nitrogens with one attached hydrogen (secondary N) is 4. The molecule has 0 fully saturated rings. The first kappa shape index (κ1) is 14.5. The standard InChI is InChI=1S/C17H14N8O/c1-7-12-8-4-2-3-5-9(8)20-10(12)6-11(19-7)21-17-22-13-14(24-17)23-16(18)25-15(13)26/h2-6,20H,1H3,(H5,18,19,21,22,23,24,25,26). The number of aromatic amines is 3. The Kier molecular flexibility index (Phi) is 2.81. The summed E-state index contributed by atoms with van der Waals surface area (Å²) in [4.78, 5) is 33.5. The molecule has 0 amide bonds. The molecule has 0 bridgehead atoms. The predicted octanol–water partition coefficient (Wildman–Crippen LogP) is 2.31. The first-order chi connectivity index (χ1) is 12.6. The number of anilines is 3. The van der Waals surface area contributed by atoms with Gasteiger partial charge in [0, 0.05) is 28.0 Å². The number of hydrogen-bond acceptors (Lipinski definition) is 6. The van der Waals surface area contributed by atoms with Crippen molar-refractivity contribution in [2.45, 2.75) is 6.92 Å². The molecule has 0 aliphatic rings. The van der Waals surface area contributed by atoms with E-state index in [-0.39, 0.29) is 22.7 Å². The summed E-state index contributed by atoms with van der Waals surface area (Å²) in [6, 6.07) is 10.00. The molecule has 0 aliphatic carbocycles. The lowest BCUT2D eigenvalue weighted by Crippen LogP contribution is -2.10. The Balaban J connectivity index is 1.62. The minimum atomic E-state index is -0.372. The van der Waals surface area contributed by atoms with Crippen LogP contribution in [0, 0.1) is 6.92 Å². The van der Waals surface area contributed by atoms with Crippen LogP contribution in [0.3, 0.4) is 0 Å². The number of nitrogens with two attached hydrogens (primary N) is 1. The number of hydrogen-bond donors (Lipinski definition) is 5. The number of nitrogen functional groups attached to an aromatic ring is 1. The maximum Gasteiger partial charge on any atom is 0.278 e. The second-order valence-electron chi connectivity index (χ2n) is 6.05. The third kappa shape index (κ3) is 2.10. The van der Waals surface area contributed by atoms with E-state index in [9.17, 15) is 4.79 Å². The van der Waals surface area contributed by atoms with Crippen molar-refractivity contribution in [3.63, 3.8) is 0 Å². The zero-order valence-corrected chi connectivity index (χ0v) is 13.7. The van der Waals surface area contributed by atoms with E-state index in [0.29, 0.717) is 11.8 Å². The van der Waals surface area contributed by atoms with Crippen LogP contribution in [-0.2, 0) is 0 Å². The van der Waals surface area contributed by atoms with E-state index in [4.69, 9.17) is 5.73 Å². The summed E-state index contributed by atoms with van der Waals surface area (Å²) in [7, 11) is 0. The Morgan fingerprint density at radius 1 is 1.04 bits per heavy atom. The van der Waals surface area contributed by atoms with Crippen LogP contribution < -0.4 is 16.6 Å². The molecule has 26 heavy (non-hydrogen) atoms. The number of rotatable bonds is 2. The molecule has 9 heteroatoms. The first-order valence-electron chi connectivity index (χ1n) is 7.99. The number of imidazole rings is 1. The van der Waals surface area contributed by atoms with E-state index in [0.717, 1.165) is 27.5 Å². The molecule has 0 atom stereocenters. The maximum absolute atomic E-state index is 11.9. The van der Waals surface area contributed by atoms with Crippen LogP contribution in [0.1, 0.15) is 5.69 Å². The van der Waals surface area contributed by atoms with Crippen molar-refractivity contribution >= 4 is 50.7 Å². The highest BCUT2D eigenvalue weighted by atomic mass is 16.1. The summed E-state index contributed by atoms with van der Waals surface area (Å²) >= 11 is 0. The molecular weight excluding hydrogens is 332 g/mol. The molecular formula is C17H14N8O. The van der Waals surface area contributed by atoms with E-state index in [1.807, 2.05) is 31.2 Å². The Bertz CT molecular complexity index is 1360. The number of benzene rings is 1. The second kappa shape index (κ2) is 5.06. The van der Waals surface area contributed by atoms with Gasteiger partial charge in [0.2, 0.25) is 11.9 Å². The smallest absolute Gasteiger partial charge is 0.278 e. The third-order valence-electron chi connectivity index (χ3n) is 4.29. The van der Waals surface area contributed by atoms with Gasteiger partial charge in [-0.05, 0) is 13.0 Å². The number of fused-ring (bicyclic) bond motifs is 4. The summed E-state index contributed by atoms with van der Waals surface area (Å²) in [6.07, 6.45) is 0. The van der Waals surface area contributed by atoms with E-state index in [2.05, 4.69) is 41.3 Å². The highest BCUT2D eigenvalue weighted by Gasteiger charge is 2.12. The fourth-order valence-corrected chi connectivity index (χ4v) is 3.24. The van der Waals surface area contributed by atoms with Gasteiger partial charge in [-0.3, -0.25) is 9.78 Å². The molecule has 1 aromatic carbocycles. The number of para-hydroxylation sites is 1. The molecule has 128 valence electrons. The first-order valence-corrected chi connectivity index (χ1v) is 7.99. The minimum absolute atomic E-state index is 0.0222. The average Bonchev–Trinajstić information content (AvgIpc) is 3.15. The molecule has 9 nitrogen and oxygen atoms in total. The van der Waals surface area contributed by atoms with Crippen LogP contribution in [0.25, 0.3) is 33.0 Å². The lowest BCUT2D eigenvalue weighted by Gasteiger charge is -2.04. The topological polar surface area (TPSA) is 141 Å². The highest BCUT2D eigenvalue weighted by molar-refractivity contribution is 6.08. The summed E-state index contributed by atoms with van der Waals surface area (Å²) < 4.78 is 0. The van der Waals surface area contributed by atoms with Gasteiger partial charge >= 0.3 is 0 Å². The lowest BCUT2D eigenvalue weighted by atomic mass is 10.1. The third-order valence-corrected chi connectivity index (χ3v) is 4.29. The lowest BCUT2D eigenvalue weighted by molar-refractivity contribution is 1.17. The summed E-state index contributed by atoms with van der Waals surface area (Å²) in [5.74, 6) is 0.991. The average molecular weight is 346 g/mol. The van der Waals surface area contributed by atoms with Crippen molar-refractivity contribution in [2.24, 2.45) is 0 Å². The van der Waals surface area contributed by atoms with Crippen LogP contribution >= 0.6 is 0 Å². The molecule has 0 spiro atoms. The van der Waals surface area contributed by atoms with E-state index in [1.165, 1.54) is 0 Å². The molecule has 5 rings (SSSR count). The summed E-state index contributed by atoms with van der Waals surface area (Å²) in [5.41, 5.74) is 8.59. The molecule has 4 heterocycles. The fourth-order valence-electron chi connectivity index (χ4n) is 3.24. The van der Waals surface area contributed by atoms with E-state index >= 15 is 0 Å². The molecule has 0 saturated carbocycles. The number of pyridine rings is 1. The number of aryl methyl sites for hydroxylation is 1. The number of H-pyrrole nitrogens is 3. The Morgan fingerprint density at radius 3 is 2.77 bits per heavy atom. The maximum atomic E-state index is 11.9. The van der Waals surface area contributed by atoms with E-state index in [1.54, 1.807) is 0 Å². The van der Waals surface area contributed by atoms with Gasteiger partial charge < -0.3 is 21.0 Å². The molecule has 0 saturated heterocycles. The zero-order valence-electron chi connectivity index (χ0n) is 13.7. The van der Waals surface area contributed by atoms with Crippen molar-refractivity contribution in [3.05, 3.63) is 46.4 Å². The summed E-state index contributed by atoms with van der Waals surface area (Å²) in [5, 5.41) is 5.30. The van der Waals surface area contributed by atoms with Crippen molar-refractivity contribution < 1.29 is 0 Å². The van der Waals surface area contributed by atoms with Crippen LogP contribution in [0.5, 0.6) is 0 Å². The molecule has 0 radical (unpaired) electrons. The molecule has 0 unspecified atom stereocenters. The Labute approximate surface area is 145 Å². The van der Waals surface area contributed by atoms with Crippen LogP contribution in [0.2, 0.25) is 0 Å². The second-order valence-corrected chi connectivity index (χ2v) is 6.05. The zero-order chi connectivity index (χ0) is 17.8. The normalized spacial score (nSPS) is 11.6. The van der Waals surface area contributed by atoms with Gasteiger partial charge in [-0.15, -0.1) is 0 Å². The van der Waals surface area contributed by atoms with Gasteiger partial charge in [-0.2, -0.15) is 9.97 Å². The number of aromatic nitrogens is 6. The van der Waals surface area contributed by atoms with Crippen LogP contribution in [0.15, 0.2) is 35.1 Å². The van der Waals surface area contributed by atoms with Crippen molar-refractivity contribution in [3.8, 4) is 0 Å². The largest absolute Gasteiger partial charge is 0.369 e. The highest BCUT2D eigenvalue weighted by Crippen LogP contribution is 2.29. The number of nitrogens with zero attached hydrogens (tertiary/aromatic N) is 3. The van der Waals surface area contributed by atoms with Gasteiger partial charge in [-0.1, -0.05) is 18.2 Å². The van der Waals surface area contributed by atoms with Crippen molar-refractivity contribution in [2.75, 3.05) is 11.1 Å². The molecule has 5 aromatic rings. The monoisotopic (exact) mass is 346 g/mol. The predicted molar refractivity (Wildman–Crippen MR) is 101 cm³/mol. The quantitative estimate of drug-likeness (QED) is 0.332. The van der Waals surface area contributed by atoms with Gasteiger partial charge in [0.15, 0.2) is 11.2 Å². The van der Waals surface area contributed by atoms with Gasteiger partial charge in [0.1, 0.15) is 5.82 Å². The van der Waals surface area contributed by atoms with Gasteiger partial charge in [-0.25, -0.2) is 4.98 Å². The van der Waals surface area contributed by atoms with Crippen molar-refractivity contribution in [1.82, 2.24) is 29.9 Å². The molecule has 0 aliphatic heterocycles. The summed E-state index contributed by atoms with van der Waals surface area (Å²) in [6.45, 7) is 1.96.